The van der Waals surface area contributed by atoms with E-state index in [2.05, 4.69) is 98.7 Å². The van der Waals surface area contributed by atoms with E-state index in [0.29, 0.717) is 25.1 Å². The third kappa shape index (κ3) is 8.92. The van der Waals surface area contributed by atoms with Gasteiger partial charge in [-0.3, -0.25) is 9.88 Å². The van der Waals surface area contributed by atoms with Crippen molar-refractivity contribution in [3.05, 3.63) is 186 Å². The normalized spacial score (nSPS) is 12.9. The zero-order valence-corrected chi connectivity index (χ0v) is 29.1. The highest BCUT2D eigenvalue weighted by Crippen LogP contribution is 2.55. The molecule has 0 fully saturated rings. The van der Waals surface area contributed by atoms with Crippen molar-refractivity contribution >= 4 is 18.4 Å². The van der Waals surface area contributed by atoms with Gasteiger partial charge in [-0.25, -0.2) is 5.10 Å². The fraction of sp³-hybridized carbons (Fsp3) is 0.167. The number of rotatable bonds is 16. The molecule has 2 atom stereocenters. The fourth-order valence-electron chi connectivity index (χ4n) is 6.31. The van der Waals surface area contributed by atoms with Gasteiger partial charge >= 0.3 is 7.60 Å². The topological polar surface area (TPSA) is 102 Å². The van der Waals surface area contributed by atoms with Crippen molar-refractivity contribution in [2.45, 2.75) is 44.3 Å². The minimum absolute atomic E-state index is 0.134. The Balaban J connectivity index is 1.22. The van der Waals surface area contributed by atoms with E-state index in [1.807, 2.05) is 84.9 Å². The highest BCUT2D eigenvalue weighted by Gasteiger charge is 2.38. The van der Waals surface area contributed by atoms with Gasteiger partial charge in [0, 0.05) is 0 Å². The number of nitrogens with one attached hydrogen (secondary N) is 2. The van der Waals surface area contributed by atoms with Crippen molar-refractivity contribution in [2.75, 3.05) is 0 Å². The summed E-state index contributed by atoms with van der Waals surface area (Å²) >= 11 is 0. The molecule has 8 nitrogen and oxygen atoms in total. The summed E-state index contributed by atoms with van der Waals surface area (Å²) in [6.07, 6.45) is 1.65. The lowest BCUT2D eigenvalue weighted by Gasteiger charge is -2.31. The van der Waals surface area contributed by atoms with Crippen LogP contribution in [0.15, 0.2) is 158 Å². The van der Waals surface area contributed by atoms with Gasteiger partial charge in [0.25, 0.3) is 0 Å². The second kappa shape index (κ2) is 16.6. The molecule has 9 heteroatoms. The van der Waals surface area contributed by atoms with Crippen molar-refractivity contribution in [2.24, 2.45) is 0 Å². The molecular weight excluding hydrogens is 653 g/mol. The van der Waals surface area contributed by atoms with Crippen LogP contribution < -0.4 is 5.32 Å². The van der Waals surface area contributed by atoms with Crippen LogP contribution >= 0.6 is 7.60 Å². The maximum atomic E-state index is 15.3. The summed E-state index contributed by atoms with van der Waals surface area (Å²) in [6, 6.07) is 52.5. The minimum atomic E-state index is -3.86. The maximum absolute atomic E-state index is 15.3. The lowest BCUT2D eigenvalue weighted by molar-refractivity contribution is 0.176. The van der Waals surface area contributed by atoms with E-state index in [1.54, 1.807) is 0 Å². The van der Waals surface area contributed by atoms with Crippen LogP contribution in [0.25, 0.3) is 21.9 Å². The molecule has 1 unspecified atom stereocenters. The Bertz CT molecular complexity index is 2100. The second-order valence-electron chi connectivity index (χ2n) is 12.5. The number of fused-ring (bicyclic) bond motifs is 1. The summed E-state index contributed by atoms with van der Waals surface area (Å²) < 4.78 is 28.2. The lowest BCUT2D eigenvalue weighted by Crippen LogP contribution is -2.36. The van der Waals surface area contributed by atoms with Crippen molar-refractivity contribution < 1.29 is 13.6 Å². The molecule has 0 aliphatic carbocycles. The van der Waals surface area contributed by atoms with Crippen LogP contribution in [-0.4, -0.2) is 26.4 Å². The molecule has 0 spiro atoms. The van der Waals surface area contributed by atoms with E-state index in [4.69, 9.17) is 9.05 Å². The summed E-state index contributed by atoms with van der Waals surface area (Å²) in [7, 11) is -3.86. The number of aromatic amines is 1. The van der Waals surface area contributed by atoms with Crippen molar-refractivity contribution in [1.29, 1.82) is 0 Å². The van der Waals surface area contributed by atoms with E-state index in [0.717, 1.165) is 38.8 Å². The van der Waals surface area contributed by atoms with E-state index in [-0.39, 0.29) is 13.2 Å². The molecule has 0 saturated carbocycles. The molecule has 1 aromatic heterocycles. The smallest absolute Gasteiger partial charge is 0.303 e. The third-order valence-corrected chi connectivity index (χ3v) is 11.2. The van der Waals surface area contributed by atoms with Gasteiger partial charge in [-0.1, -0.05) is 158 Å². The Morgan fingerprint density at radius 1 is 0.627 bits per heavy atom. The Hall–Kier alpha value is -5.24. The Morgan fingerprint density at radius 3 is 1.86 bits per heavy atom. The molecule has 0 bridgehead atoms. The standard InChI is InChI=1S/C42H40N5O3P/c48-51(49-30-33-13-4-1-5-14-33,50-31-34-15-6-2-7-16-34)41(28-27-38-21-12-20-37-19-10-11-22-39(37)38)43-40(42-44-46-47-45-42)29-32-23-25-36(26-24-32)35-17-8-3-9-18-35/h1-26,40-41,43H,27-31H2,(H,44,45,46,47)/t40-,41?/m0/s1. The fourth-order valence-corrected chi connectivity index (χ4v) is 8.21. The van der Waals surface area contributed by atoms with Crippen molar-refractivity contribution in [1.82, 2.24) is 25.9 Å². The van der Waals surface area contributed by atoms with Crippen LogP contribution in [0.3, 0.4) is 0 Å². The first-order chi connectivity index (χ1) is 25.1. The first kappa shape index (κ1) is 34.2. The Labute approximate surface area is 298 Å². The van der Waals surface area contributed by atoms with Gasteiger partial charge < -0.3 is 9.05 Å². The Morgan fingerprint density at radius 2 is 1.22 bits per heavy atom. The molecule has 0 saturated heterocycles. The zero-order valence-electron chi connectivity index (χ0n) is 28.2. The van der Waals surface area contributed by atoms with Gasteiger partial charge in [-0.2, -0.15) is 0 Å². The van der Waals surface area contributed by atoms with Crippen molar-refractivity contribution in [3.63, 3.8) is 0 Å². The molecule has 256 valence electrons. The number of H-pyrrole nitrogens is 1. The van der Waals surface area contributed by atoms with Gasteiger partial charge in [-0.15, -0.1) is 5.10 Å². The molecule has 7 aromatic rings. The zero-order chi connectivity index (χ0) is 34.7. The monoisotopic (exact) mass is 693 g/mol. The quantitative estimate of drug-likeness (QED) is 0.0973. The summed E-state index contributed by atoms with van der Waals surface area (Å²) in [6.45, 7) is 0.268. The predicted octanol–water partition coefficient (Wildman–Crippen LogP) is 9.48. The number of benzene rings is 6. The minimum Gasteiger partial charge on any atom is -0.303 e. The molecule has 0 aliphatic heterocycles. The Kier molecular flexibility index (Phi) is 11.2. The SMILES string of the molecule is O=P(OCc1ccccc1)(OCc1ccccc1)C(CCc1cccc2ccccc12)N[C@@H](Cc1ccc(-c2ccccc2)cc1)c1nnn[nH]1. The van der Waals surface area contributed by atoms with Gasteiger partial charge in [0.2, 0.25) is 0 Å². The number of hydrogen-bond donors (Lipinski definition) is 2. The summed E-state index contributed by atoms with van der Waals surface area (Å²) in [5.41, 5.74) is 6.32. The molecular formula is C42H40N5O3P. The molecule has 1 heterocycles. The first-order valence-electron chi connectivity index (χ1n) is 17.2. The third-order valence-electron chi connectivity index (χ3n) is 9.04. The second-order valence-corrected chi connectivity index (χ2v) is 14.7. The molecule has 7 rings (SSSR count). The summed E-state index contributed by atoms with van der Waals surface area (Å²) in [4.78, 5) is 0. The van der Waals surface area contributed by atoms with Gasteiger partial charge in [0.15, 0.2) is 5.82 Å². The van der Waals surface area contributed by atoms with Crippen LogP contribution in [0.2, 0.25) is 0 Å². The molecule has 2 N–H and O–H groups in total. The molecule has 0 amide bonds. The molecule has 51 heavy (non-hydrogen) atoms. The average Bonchev–Trinajstić information content (AvgIpc) is 3.74. The van der Waals surface area contributed by atoms with Crippen LogP contribution in [0.5, 0.6) is 0 Å². The van der Waals surface area contributed by atoms with Gasteiger partial charge in [0.1, 0.15) is 5.78 Å². The lowest BCUT2D eigenvalue weighted by atomic mass is 9.99. The predicted molar refractivity (Wildman–Crippen MR) is 202 cm³/mol. The summed E-state index contributed by atoms with van der Waals surface area (Å²) in [5.74, 6) is -0.169. The number of tetrazole rings is 1. The highest BCUT2D eigenvalue weighted by molar-refractivity contribution is 7.54. The van der Waals surface area contributed by atoms with E-state index in [1.165, 1.54) is 5.39 Å². The number of aromatic nitrogens is 4. The van der Waals surface area contributed by atoms with Crippen molar-refractivity contribution in [3.8, 4) is 11.1 Å². The number of hydrogen-bond acceptors (Lipinski definition) is 7. The van der Waals surface area contributed by atoms with Crippen LogP contribution in [-0.2, 0) is 39.7 Å². The largest absolute Gasteiger partial charge is 0.348 e. The average molecular weight is 694 g/mol. The number of aryl methyl sites for hydroxylation is 1. The maximum Gasteiger partial charge on any atom is 0.348 e. The van der Waals surface area contributed by atoms with Crippen LogP contribution in [0, 0.1) is 0 Å². The van der Waals surface area contributed by atoms with Gasteiger partial charge in [-0.05, 0) is 73.8 Å². The van der Waals surface area contributed by atoms with Crippen LogP contribution in [0.1, 0.15) is 40.5 Å². The first-order valence-corrected chi connectivity index (χ1v) is 18.8. The van der Waals surface area contributed by atoms with E-state index in [9.17, 15) is 0 Å². The van der Waals surface area contributed by atoms with E-state index >= 15 is 4.57 Å². The highest BCUT2D eigenvalue weighted by atomic mass is 31.2. The molecule has 0 aliphatic rings. The molecule has 6 aromatic carbocycles. The number of nitrogens with zero attached hydrogens (tertiary/aromatic N) is 3. The van der Waals surface area contributed by atoms with Gasteiger partial charge in [0.05, 0.1) is 19.3 Å². The molecule has 0 radical (unpaired) electrons. The van der Waals surface area contributed by atoms with Crippen LogP contribution in [0.4, 0.5) is 0 Å². The summed E-state index contributed by atoms with van der Waals surface area (Å²) in [5, 5.41) is 21.1. The van der Waals surface area contributed by atoms with E-state index < -0.39 is 19.4 Å².